The Morgan fingerprint density at radius 3 is 3.00 bits per heavy atom. The average Bonchev–Trinajstić information content (AvgIpc) is 2.93. The molecule has 0 saturated carbocycles. The van der Waals surface area contributed by atoms with Crippen LogP contribution in [0.25, 0.3) is 11.3 Å². The zero-order valence-corrected chi connectivity index (χ0v) is 10.2. The average molecular weight is 228 g/mol. The van der Waals surface area contributed by atoms with Gasteiger partial charge in [-0.2, -0.15) is 5.10 Å². The molecule has 1 aromatic carbocycles. The Labute approximate surface area is 101 Å². The van der Waals surface area contributed by atoms with Crippen molar-refractivity contribution in [3.63, 3.8) is 0 Å². The number of aryl methyl sites for hydroxylation is 1. The van der Waals surface area contributed by atoms with Crippen LogP contribution in [-0.4, -0.2) is 16.9 Å². The van der Waals surface area contributed by atoms with E-state index in [1.54, 1.807) is 7.11 Å². The number of aromatic nitrogens is 2. The van der Waals surface area contributed by atoms with E-state index in [2.05, 4.69) is 17.7 Å². The molecule has 3 heteroatoms. The number of methoxy groups -OCH3 is 1. The molecule has 0 N–H and O–H groups in total. The minimum Gasteiger partial charge on any atom is -0.497 e. The second-order valence-corrected chi connectivity index (χ2v) is 4.48. The standard InChI is InChI=1S/C14H16N2O/c1-10-13-7-4-8-16(13)15-14(10)11-5-3-6-12(9-11)17-2/h3,5-6,9H,4,7-8H2,1-2H3. The van der Waals surface area contributed by atoms with Gasteiger partial charge in [0.2, 0.25) is 0 Å². The van der Waals surface area contributed by atoms with Crippen molar-refractivity contribution in [3.8, 4) is 17.0 Å². The van der Waals surface area contributed by atoms with Crippen molar-refractivity contribution in [2.45, 2.75) is 26.3 Å². The van der Waals surface area contributed by atoms with Crippen LogP contribution in [-0.2, 0) is 13.0 Å². The van der Waals surface area contributed by atoms with Crippen LogP contribution in [0, 0.1) is 6.92 Å². The van der Waals surface area contributed by atoms with Crippen LogP contribution in [0.5, 0.6) is 5.75 Å². The highest BCUT2D eigenvalue weighted by Gasteiger charge is 2.19. The molecule has 3 nitrogen and oxygen atoms in total. The van der Waals surface area contributed by atoms with E-state index in [0.29, 0.717) is 0 Å². The Kier molecular flexibility index (Phi) is 2.39. The molecule has 1 aliphatic heterocycles. The molecule has 1 aromatic heterocycles. The first-order valence-electron chi connectivity index (χ1n) is 6.00. The maximum Gasteiger partial charge on any atom is 0.119 e. The zero-order valence-electron chi connectivity index (χ0n) is 10.2. The molecule has 0 amide bonds. The summed E-state index contributed by atoms with van der Waals surface area (Å²) in [5.41, 5.74) is 4.95. The fourth-order valence-corrected chi connectivity index (χ4v) is 2.53. The molecular weight excluding hydrogens is 212 g/mol. The van der Waals surface area contributed by atoms with Crippen LogP contribution in [0.3, 0.4) is 0 Å². The Balaban J connectivity index is 2.09. The molecule has 3 rings (SSSR count). The number of ether oxygens (including phenoxy) is 1. The summed E-state index contributed by atoms with van der Waals surface area (Å²) < 4.78 is 7.40. The van der Waals surface area contributed by atoms with Gasteiger partial charge in [0.15, 0.2) is 0 Å². The third-order valence-corrected chi connectivity index (χ3v) is 3.45. The molecule has 0 aliphatic carbocycles. The van der Waals surface area contributed by atoms with E-state index >= 15 is 0 Å². The molecule has 1 aliphatic rings. The topological polar surface area (TPSA) is 27.1 Å². The Morgan fingerprint density at radius 1 is 1.35 bits per heavy atom. The maximum absolute atomic E-state index is 5.26. The van der Waals surface area contributed by atoms with E-state index in [9.17, 15) is 0 Å². The molecule has 0 atom stereocenters. The van der Waals surface area contributed by atoms with Gasteiger partial charge in [-0.1, -0.05) is 12.1 Å². The first kappa shape index (κ1) is 10.4. The summed E-state index contributed by atoms with van der Waals surface area (Å²) in [6.07, 6.45) is 2.38. The van der Waals surface area contributed by atoms with Crippen LogP contribution in [0.1, 0.15) is 17.7 Å². The SMILES string of the molecule is COc1cccc(-c2nn3c(c2C)CCC3)c1. The highest BCUT2D eigenvalue weighted by Crippen LogP contribution is 2.30. The van der Waals surface area contributed by atoms with Crippen molar-refractivity contribution in [1.29, 1.82) is 0 Å². The summed E-state index contributed by atoms with van der Waals surface area (Å²) in [5.74, 6) is 0.884. The predicted molar refractivity (Wildman–Crippen MR) is 67.3 cm³/mol. The lowest BCUT2D eigenvalue weighted by Crippen LogP contribution is -1.94. The number of hydrogen-bond acceptors (Lipinski definition) is 2. The molecule has 0 radical (unpaired) electrons. The lowest BCUT2D eigenvalue weighted by Gasteiger charge is -2.03. The van der Waals surface area contributed by atoms with Gasteiger partial charge in [0, 0.05) is 17.8 Å². The molecule has 88 valence electrons. The van der Waals surface area contributed by atoms with E-state index in [0.717, 1.165) is 30.0 Å². The van der Waals surface area contributed by atoms with Crippen molar-refractivity contribution in [1.82, 2.24) is 9.78 Å². The van der Waals surface area contributed by atoms with Crippen LogP contribution >= 0.6 is 0 Å². The van der Waals surface area contributed by atoms with Gasteiger partial charge in [-0.3, -0.25) is 4.68 Å². The largest absolute Gasteiger partial charge is 0.497 e. The van der Waals surface area contributed by atoms with E-state index in [1.165, 1.54) is 17.7 Å². The summed E-state index contributed by atoms with van der Waals surface area (Å²) in [5, 5.41) is 4.70. The van der Waals surface area contributed by atoms with Crippen LogP contribution in [0.4, 0.5) is 0 Å². The van der Waals surface area contributed by atoms with Crippen molar-refractivity contribution in [2.24, 2.45) is 0 Å². The third-order valence-electron chi connectivity index (χ3n) is 3.45. The second-order valence-electron chi connectivity index (χ2n) is 4.48. The Hall–Kier alpha value is -1.77. The minimum absolute atomic E-state index is 0.884. The minimum atomic E-state index is 0.884. The first-order chi connectivity index (χ1) is 8.29. The second kappa shape index (κ2) is 3.91. The fraction of sp³-hybridized carbons (Fsp3) is 0.357. The van der Waals surface area contributed by atoms with Gasteiger partial charge in [0.25, 0.3) is 0 Å². The molecule has 2 heterocycles. The third kappa shape index (κ3) is 1.62. The molecular formula is C14H16N2O. The summed E-state index contributed by atoms with van der Waals surface area (Å²) in [4.78, 5) is 0. The van der Waals surface area contributed by atoms with Crippen molar-refractivity contribution in [2.75, 3.05) is 7.11 Å². The lowest BCUT2D eigenvalue weighted by atomic mass is 10.1. The first-order valence-corrected chi connectivity index (χ1v) is 6.00. The Bertz CT molecular complexity index is 557. The van der Waals surface area contributed by atoms with Crippen molar-refractivity contribution >= 4 is 0 Å². The number of benzene rings is 1. The van der Waals surface area contributed by atoms with Gasteiger partial charge < -0.3 is 4.74 Å². The molecule has 0 saturated heterocycles. The number of rotatable bonds is 2. The van der Waals surface area contributed by atoms with Gasteiger partial charge in [0.05, 0.1) is 12.8 Å². The van der Waals surface area contributed by atoms with Gasteiger partial charge in [-0.25, -0.2) is 0 Å². The van der Waals surface area contributed by atoms with Crippen molar-refractivity contribution in [3.05, 3.63) is 35.5 Å². The molecule has 0 bridgehead atoms. The van der Waals surface area contributed by atoms with E-state index in [-0.39, 0.29) is 0 Å². The van der Waals surface area contributed by atoms with E-state index in [1.807, 2.05) is 18.2 Å². The summed E-state index contributed by atoms with van der Waals surface area (Å²) in [6, 6.07) is 8.11. The smallest absolute Gasteiger partial charge is 0.119 e. The van der Waals surface area contributed by atoms with Gasteiger partial charge in [-0.15, -0.1) is 0 Å². The van der Waals surface area contributed by atoms with Gasteiger partial charge in [-0.05, 0) is 37.5 Å². The molecule has 0 spiro atoms. The predicted octanol–water partition coefficient (Wildman–Crippen LogP) is 2.81. The summed E-state index contributed by atoms with van der Waals surface area (Å²) in [6.45, 7) is 3.22. The fourth-order valence-electron chi connectivity index (χ4n) is 2.53. The quantitative estimate of drug-likeness (QED) is 0.790. The summed E-state index contributed by atoms with van der Waals surface area (Å²) >= 11 is 0. The van der Waals surface area contributed by atoms with Crippen molar-refractivity contribution < 1.29 is 4.74 Å². The molecule has 0 unspecified atom stereocenters. The number of nitrogens with zero attached hydrogens (tertiary/aromatic N) is 2. The highest BCUT2D eigenvalue weighted by atomic mass is 16.5. The lowest BCUT2D eigenvalue weighted by molar-refractivity contribution is 0.415. The van der Waals surface area contributed by atoms with E-state index in [4.69, 9.17) is 9.84 Å². The molecule has 0 fully saturated rings. The Morgan fingerprint density at radius 2 is 2.24 bits per heavy atom. The van der Waals surface area contributed by atoms with Gasteiger partial charge >= 0.3 is 0 Å². The molecule has 17 heavy (non-hydrogen) atoms. The number of hydrogen-bond donors (Lipinski definition) is 0. The zero-order chi connectivity index (χ0) is 11.8. The van der Waals surface area contributed by atoms with Crippen LogP contribution in [0.15, 0.2) is 24.3 Å². The highest BCUT2D eigenvalue weighted by molar-refractivity contribution is 5.65. The summed E-state index contributed by atoms with van der Waals surface area (Å²) in [7, 11) is 1.69. The monoisotopic (exact) mass is 228 g/mol. The van der Waals surface area contributed by atoms with Gasteiger partial charge in [0.1, 0.15) is 5.75 Å². The maximum atomic E-state index is 5.26. The van der Waals surface area contributed by atoms with E-state index < -0.39 is 0 Å². The van der Waals surface area contributed by atoms with Crippen LogP contribution in [0.2, 0.25) is 0 Å². The normalized spacial score (nSPS) is 13.8. The molecule has 2 aromatic rings. The number of fused-ring (bicyclic) bond motifs is 1. The van der Waals surface area contributed by atoms with Crippen LogP contribution < -0.4 is 4.74 Å².